The minimum absolute atomic E-state index is 0.243. The highest BCUT2D eigenvalue weighted by Gasteiger charge is 2.28. The smallest absolute Gasteiger partial charge is 0.123 e. The molecule has 0 spiro atoms. The molecule has 1 fully saturated rings. The third kappa shape index (κ3) is 3.08. The van der Waals surface area contributed by atoms with Gasteiger partial charge in [0.15, 0.2) is 0 Å². The van der Waals surface area contributed by atoms with Gasteiger partial charge in [-0.15, -0.1) is 0 Å². The molecular formula is C15H25N3O. The molecule has 2 atom stereocenters. The highest BCUT2D eigenvalue weighted by molar-refractivity contribution is 5.36. The van der Waals surface area contributed by atoms with E-state index in [2.05, 4.69) is 35.9 Å². The molecule has 1 aromatic rings. The summed E-state index contributed by atoms with van der Waals surface area (Å²) in [5.74, 6) is 0.935. The Hall–Kier alpha value is -1.10. The predicted molar refractivity (Wildman–Crippen MR) is 78.5 cm³/mol. The number of nitrogens with zero attached hydrogens (tertiary/aromatic N) is 2. The Labute approximate surface area is 116 Å². The maximum Gasteiger partial charge on any atom is 0.123 e. The highest BCUT2D eigenvalue weighted by Crippen LogP contribution is 2.29. The van der Waals surface area contributed by atoms with E-state index in [4.69, 9.17) is 10.5 Å². The summed E-state index contributed by atoms with van der Waals surface area (Å²) in [6, 6.07) is 9.00. The van der Waals surface area contributed by atoms with Crippen molar-refractivity contribution in [3.8, 4) is 5.75 Å². The minimum atomic E-state index is 0.243. The van der Waals surface area contributed by atoms with Gasteiger partial charge in [-0.3, -0.25) is 4.90 Å². The van der Waals surface area contributed by atoms with Crippen molar-refractivity contribution in [3.05, 3.63) is 29.8 Å². The van der Waals surface area contributed by atoms with E-state index in [0.29, 0.717) is 12.6 Å². The zero-order valence-corrected chi connectivity index (χ0v) is 12.2. The van der Waals surface area contributed by atoms with Crippen molar-refractivity contribution in [3.63, 3.8) is 0 Å². The van der Waals surface area contributed by atoms with Crippen molar-refractivity contribution in [2.24, 2.45) is 5.73 Å². The number of benzene rings is 1. The Kier molecular flexibility index (Phi) is 4.80. The zero-order chi connectivity index (χ0) is 13.8. The molecule has 0 amide bonds. The second-order valence-electron chi connectivity index (χ2n) is 5.32. The lowest BCUT2D eigenvalue weighted by molar-refractivity contribution is 0.0732. The summed E-state index contributed by atoms with van der Waals surface area (Å²) in [6.45, 7) is 6.09. The van der Waals surface area contributed by atoms with E-state index in [9.17, 15) is 0 Å². The number of likely N-dealkylation sites (N-methyl/N-ethyl adjacent to an activating group) is 1. The van der Waals surface area contributed by atoms with Gasteiger partial charge in [0.25, 0.3) is 0 Å². The normalized spacial score (nSPS) is 23.3. The van der Waals surface area contributed by atoms with Gasteiger partial charge < -0.3 is 15.4 Å². The first-order valence-electron chi connectivity index (χ1n) is 6.94. The van der Waals surface area contributed by atoms with E-state index < -0.39 is 0 Å². The third-order valence-electron chi connectivity index (χ3n) is 4.15. The lowest BCUT2D eigenvalue weighted by Crippen LogP contribution is -2.52. The van der Waals surface area contributed by atoms with Crippen LogP contribution in [0.5, 0.6) is 5.75 Å². The molecule has 0 saturated carbocycles. The number of para-hydroxylation sites is 1. The average Bonchev–Trinajstić information content (AvgIpc) is 2.44. The maximum atomic E-state index is 6.03. The van der Waals surface area contributed by atoms with Crippen molar-refractivity contribution < 1.29 is 4.74 Å². The molecule has 2 N–H and O–H groups in total. The van der Waals surface area contributed by atoms with Crippen LogP contribution in [0.25, 0.3) is 0 Å². The van der Waals surface area contributed by atoms with Gasteiger partial charge in [-0.05, 0) is 20.0 Å². The van der Waals surface area contributed by atoms with E-state index in [0.717, 1.165) is 25.4 Å². The van der Waals surface area contributed by atoms with Gasteiger partial charge in [0.05, 0.1) is 13.2 Å². The topological polar surface area (TPSA) is 41.7 Å². The summed E-state index contributed by atoms with van der Waals surface area (Å²) < 4.78 is 5.47. The van der Waals surface area contributed by atoms with Crippen LogP contribution in [0.4, 0.5) is 0 Å². The van der Waals surface area contributed by atoms with Crippen LogP contribution in [0.1, 0.15) is 18.5 Å². The van der Waals surface area contributed by atoms with Gasteiger partial charge in [0, 0.05) is 37.8 Å². The van der Waals surface area contributed by atoms with Crippen molar-refractivity contribution in [2.75, 3.05) is 40.3 Å². The number of ether oxygens (including phenoxy) is 1. The minimum Gasteiger partial charge on any atom is -0.496 e. The second kappa shape index (κ2) is 6.37. The summed E-state index contributed by atoms with van der Waals surface area (Å²) in [4.78, 5) is 4.87. The Balaban J connectivity index is 2.20. The summed E-state index contributed by atoms with van der Waals surface area (Å²) in [7, 11) is 3.90. The van der Waals surface area contributed by atoms with Crippen molar-refractivity contribution in [1.82, 2.24) is 9.80 Å². The third-order valence-corrected chi connectivity index (χ3v) is 4.15. The van der Waals surface area contributed by atoms with Crippen LogP contribution in [0.2, 0.25) is 0 Å². The first kappa shape index (κ1) is 14.3. The van der Waals surface area contributed by atoms with Gasteiger partial charge >= 0.3 is 0 Å². The highest BCUT2D eigenvalue weighted by atomic mass is 16.5. The van der Waals surface area contributed by atoms with E-state index in [1.807, 2.05) is 12.1 Å². The molecule has 1 saturated heterocycles. The van der Waals surface area contributed by atoms with Crippen LogP contribution < -0.4 is 10.5 Å². The van der Waals surface area contributed by atoms with E-state index in [-0.39, 0.29) is 6.04 Å². The molecule has 0 radical (unpaired) electrons. The Morgan fingerprint density at radius 2 is 2.11 bits per heavy atom. The van der Waals surface area contributed by atoms with Crippen LogP contribution >= 0.6 is 0 Å². The Bertz CT molecular complexity index is 410. The molecule has 2 unspecified atom stereocenters. The number of hydrogen-bond donors (Lipinski definition) is 1. The van der Waals surface area contributed by atoms with Crippen LogP contribution in [0.15, 0.2) is 24.3 Å². The number of methoxy groups -OCH3 is 1. The van der Waals surface area contributed by atoms with Gasteiger partial charge in [-0.1, -0.05) is 18.2 Å². The van der Waals surface area contributed by atoms with E-state index in [1.165, 1.54) is 5.56 Å². The molecule has 1 aliphatic rings. The average molecular weight is 263 g/mol. The molecule has 1 aliphatic heterocycles. The SMILES string of the molecule is COc1ccccc1C(CN)N1CCN(C)C(C)C1. The standard InChI is InChI=1S/C15H25N3O/c1-12-11-18(9-8-17(12)2)14(10-16)13-6-4-5-7-15(13)19-3/h4-7,12,14H,8-11,16H2,1-3H3. The first-order valence-corrected chi connectivity index (χ1v) is 6.94. The molecule has 106 valence electrons. The molecule has 4 nitrogen and oxygen atoms in total. The van der Waals surface area contributed by atoms with E-state index >= 15 is 0 Å². The van der Waals surface area contributed by atoms with Crippen molar-refractivity contribution in [1.29, 1.82) is 0 Å². The summed E-state index contributed by atoms with van der Waals surface area (Å²) in [5.41, 5.74) is 7.23. The zero-order valence-electron chi connectivity index (χ0n) is 12.2. The second-order valence-corrected chi connectivity index (χ2v) is 5.32. The number of hydrogen-bond acceptors (Lipinski definition) is 4. The van der Waals surface area contributed by atoms with Crippen molar-refractivity contribution >= 4 is 0 Å². The van der Waals surface area contributed by atoms with Gasteiger partial charge in [0.2, 0.25) is 0 Å². The first-order chi connectivity index (χ1) is 9.17. The van der Waals surface area contributed by atoms with Crippen molar-refractivity contribution in [2.45, 2.75) is 19.0 Å². The molecule has 2 rings (SSSR count). The summed E-state index contributed by atoms with van der Waals surface area (Å²) in [5, 5.41) is 0. The lowest BCUT2D eigenvalue weighted by Gasteiger charge is -2.41. The van der Waals surface area contributed by atoms with Gasteiger partial charge in [-0.2, -0.15) is 0 Å². The Morgan fingerprint density at radius 3 is 2.74 bits per heavy atom. The van der Waals surface area contributed by atoms with Gasteiger partial charge in [0.1, 0.15) is 5.75 Å². The maximum absolute atomic E-state index is 6.03. The largest absolute Gasteiger partial charge is 0.496 e. The fraction of sp³-hybridized carbons (Fsp3) is 0.600. The molecule has 0 aliphatic carbocycles. The Morgan fingerprint density at radius 1 is 1.37 bits per heavy atom. The molecular weight excluding hydrogens is 238 g/mol. The predicted octanol–water partition coefficient (Wildman–Crippen LogP) is 1.33. The fourth-order valence-electron chi connectivity index (χ4n) is 2.77. The quantitative estimate of drug-likeness (QED) is 0.890. The summed E-state index contributed by atoms with van der Waals surface area (Å²) >= 11 is 0. The molecule has 19 heavy (non-hydrogen) atoms. The number of rotatable bonds is 4. The summed E-state index contributed by atoms with van der Waals surface area (Å²) in [6.07, 6.45) is 0. The molecule has 1 heterocycles. The van der Waals surface area contributed by atoms with Gasteiger partial charge in [-0.25, -0.2) is 0 Å². The van der Waals surface area contributed by atoms with Crippen LogP contribution in [-0.2, 0) is 0 Å². The molecule has 1 aromatic carbocycles. The molecule has 0 aromatic heterocycles. The number of piperazine rings is 1. The van der Waals surface area contributed by atoms with Crippen LogP contribution in [0, 0.1) is 0 Å². The number of nitrogens with two attached hydrogens (primary N) is 1. The van der Waals surface area contributed by atoms with Crippen LogP contribution in [0.3, 0.4) is 0 Å². The van der Waals surface area contributed by atoms with E-state index in [1.54, 1.807) is 7.11 Å². The van der Waals surface area contributed by atoms with Crippen LogP contribution in [-0.4, -0.2) is 56.2 Å². The molecule has 0 bridgehead atoms. The monoisotopic (exact) mass is 263 g/mol. The molecule has 4 heteroatoms. The lowest BCUT2D eigenvalue weighted by atomic mass is 10.0. The fourth-order valence-corrected chi connectivity index (χ4v) is 2.77.